The maximum atomic E-state index is 12.2. The number of ether oxygens (including phenoxy) is 1. The van der Waals surface area contributed by atoms with Crippen molar-refractivity contribution in [1.82, 2.24) is 19.8 Å². The summed E-state index contributed by atoms with van der Waals surface area (Å²) in [6, 6.07) is 3.42. The second-order valence-corrected chi connectivity index (χ2v) is 8.00. The normalized spacial score (nSPS) is 19.8. The Morgan fingerprint density at radius 3 is 2.89 bits per heavy atom. The lowest BCUT2D eigenvalue weighted by atomic mass is 10.1. The van der Waals surface area contributed by atoms with E-state index in [1.54, 1.807) is 16.7 Å². The molecule has 0 radical (unpaired) electrons. The number of piperazine rings is 1. The molecule has 1 saturated carbocycles. The number of benzene rings is 1. The van der Waals surface area contributed by atoms with Crippen LogP contribution < -0.4 is 15.7 Å². The molecule has 0 spiro atoms. The molecule has 0 bridgehead atoms. The Labute approximate surface area is 169 Å². The molecule has 1 atom stereocenters. The summed E-state index contributed by atoms with van der Waals surface area (Å²) in [6.45, 7) is 1.92. The third kappa shape index (κ3) is 3.66. The van der Waals surface area contributed by atoms with Crippen LogP contribution in [0.4, 0.5) is 4.79 Å². The summed E-state index contributed by atoms with van der Waals surface area (Å²) in [5.74, 6) is 0.0558. The Morgan fingerprint density at radius 2 is 2.18 bits per heavy atom. The number of aromatic nitrogens is 2. The summed E-state index contributed by atoms with van der Waals surface area (Å²) >= 11 is 3.44. The lowest BCUT2D eigenvalue weighted by molar-refractivity contribution is 0.103. The second kappa shape index (κ2) is 7.59. The fraction of sp³-hybridized carbons (Fsp3) is 0.500. The number of amides is 1. The lowest BCUT2D eigenvalue weighted by Crippen LogP contribution is -2.53. The molecular formula is C18H21BrN4O5. The highest BCUT2D eigenvalue weighted by atomic mass is 79.9. The van der Waals surface area contributed by atoms with E-state index in [0.29, 0.717) is 42.7 Å². The Kier molecular flexibility index (Phi) is 5.15. The first-order chi connectivity index (χ1) is 13.5. The van der Waals surface area contributed by atoms with E-state index < -0.39 is 11.8 Å². The minimum atomic E-state index is -0.935. The van der Waals surface area contributed by atoms with Gasteiger partial charge in [0.2, 0.25) is 5.88 Å². The van der Waals surface area contributed by atoms with Crippen molar-refractivity contribution < 1.29 is 19.7 Å². The maximum Gasteiger partial charge on any atom is 0.407 e. The van der Waals surface area contributed by atoms with Gasteiger partial charge >= 0.3 is 11.8 Å². The molecule has 1 aromatic carbocycles. The monoisotopic (exact) mass is 452 g/mol. The average Bonchev–Trinajstić information content (AvgIpc) is 3.46. The van der Waals surface area contributed by atoms with Crippen molar-refractivity contribution in [3.63, 3.8) is 0 Å². The van der Waals surface area contributed by atoms with Gasteiger partial charge in [-0.15, -0.1) is 0 Å². The average molecular weight is 453 g/mol. The topological polar surface area (TPSA) is 117 Å². The molecule has 2 aromatic rings. The summed E-state index contributed by atoms with van der Waals surface area (Å²) in [6.07, 6.45) is 1.38. The standard InChI is InChI=1S/C18H21BrN4O5/c19-10-7-13-15(16(24)21-17(25)23(13)11-1-2-11)14(8-10)28-6-3-12-9-20-4-5-22(12)18(26)27/h7-8,11-12,20H,1-6,9H2,(H,26,27)(H,21,24,25). The first-order valence-electron chi connectivity index (χ1n) is 9.23. The minimum absolute atomic E-state index is 0.0997. The van der Waals surface area contributed by atoms with E-state index in [9.17, 15) is 19.8 Å². The summed E-state index contributed by atoms with van der Waals surface area (Å²) in [7, 11) is 0. The van der Waals surface area contributed by atoms with E-state index in [1.165, 1.54) is 4.90 Å². The van der Waals surface area contributed by atoms with E-state index in [1.807, 2.05) is 0 Å². The van der Waals surface area contributed by atoms with Crippen LogP contribution in [0.3, 0.4) is 0 Å². The van der Waals surface area contributed by atoms with Crippen molar-refractivity contribution >= 4 is 32.9 Å². The summed E-state index contributed by atoms with van der Waals surface area (Å²) in [5.41, 5.74) is 0.109. The zero-order chi connectivity index (χ0) is 19.8. The molecule has 1 amide bonds. The highest BCUT2D eigenvalue weighted by Crippen LogP contribution is 2.40. The van der Waals surface area contributed by atoms with E-state index in [4.69, 9.17) is 4.74 Å². The van der Waals surface area contributed by atoms with Crippen molar-refractivity contribution in [2.75, 3.05) is 26.2 Å². The molecule has 2 fully saturated rings. The highest BCUT2D eigenvalue weighted by molar-refractivity contribution is 9.10. The number of nitrogens with zero attached hydrogens (tertiary/aromatic N) is 3. The number of rotatable bonds is 5. The fourth-order valence-electron chi connectivity index (χ4n) is 3.66. The molecule has 2 aliphatic rings. The van der Waals surface area contributed by atoms with Crippen LogP contribution in [0.1, 0.15) is 25.3 Å². The van der Waals surface area contributed by atoms with E-state index in [0.717, 1.165) is 17.3 Å². The first kappa shape index (κ1) is 19.0. The third-order valence-corrected chi connectivity index (χ3v) is 5.61. The molecule has 9 nitrogen and oxygen atoms in total. The van der Waals surface area contributed by atoms with Crippen molar-refractivity contribution in [3.05, 3.63) is 27.1 Å². The largest absolute Gasteiger partial charge is 0.493 e. The molecular weight excluding hydrogens is 432 g/mol. The highest BCUT2D eigenvalue weighted by Gasteiger charge is 2.29. The molecule has 150 valence electrons. The number of nitrogens with one attached hydrogen (secondary N) is 1. The van der Waals surface area contributed by atoms with Gasteiger partial charge in [0.1, 0.15) is 11.1 Å². The summed E-state index contributed by atoms with van der Waals surface area (Å²) in [5, 5.41) is 23.2. The van der Waals surface area contributed by atoms with Gasteiger partial charge in [-0.2, -0.15) is 4.98 Å². The number of halogens is 1. The molecule has 4 rings (SSSR count). The molecule has 28 heavy (non-hydrogen) atoms. The number of aromatic hydroxyl groups is 1. The molecule has 1 aromatic heterocycles. The molecule has 3 N–H and O–H groups in total. The number of hydrogen-bond donors (Lipinski definition) is 3. The second-order valence-electron chi connectivity index (χ2n) is 7.09. The van der Waals surface area contributed by atoms with Crippen LogP contribution >= 0.6 is 15.9 Å². The van der Waals surface area contributed by atoms with Crippen LogP contribution in [-0.4, -0.2) is 63.0 Å². The Balaban J connectivity index is 1.59. The molecule has 1 unspecified atom stereocenters. The quantitative estimate of drug-likeness (QED) is 0.634. The van der Waals surface area contributed by atoms with Crippen LogP contribution in [0.15, 0.2) is 21.4 Å². The Hall–Kier alpha value is -2.33. The van der Waals surface area contributed by atoms with E-state index >= 15 is 0 Å². The van der Waals surface area contributed by atoms with Crippen molar-refractivity contribution in [2.24, 2.45) is 0 Å². The van der Waals surface area contributed by atoms with Crippen LogP contribution in [0.25, 0.3) is 10.9 Å². The van der Waals surface area contributed by atoms with E-state index in [-0.39, 0.29) is 24.6 Å². The summed E-state index contributed by atoms with van der Waals surface area (Å²) in [4.78, 5) is 28.8. The maximum absolute atomic E-state index is 12.2. The van der Waals surface area contributed by atoms with Crippen molar-refractivity contribution in [2.45, 2.75) is 31.3 Å². The molecule has 10 heteroatoms. The molecule has 1 saturated heterocycles. The number of fused-ring (bicyclic) bond motifs is 1. The zero-order valence-corrected chi connectivity index (χ0v) is 16.7. The fourth-order valence-corrected chi connectivity index (χ4v) is 4.09. The van der Waals surface area contributed by atoms with Crippen LogP contribution in [-0.2, 0) is 0 Å². The minimum Gasteiger partial charge on any atom is -0.493 e. The van der Waals surface area contributed by atoms with Gasteiger partial charge in [-0.05, 0) is 25.0 Å². The van der Waals surface area contributed by atoms with E-state index in [2.05, 4.69) is 26.2 Å². The smallest absolute Gasteiger partial charge is 0.407 e. The lowest BCUT2D eigenvalue weighted by Gasteiger charge is -2.34. The van der Waals surface area contributed by atoms with Gasteiger partial charge in [0.15, 0.2) is 0 Å². The van der Waals surface area contributed by atoms with Crippen molar-refractivity contribution in [1.29, 1.82) is 0 Å². The van der Waals surface area contributed by atoms with Gasteiger partial charge in [0.25, 0.3) is 0 Å². The van der Waals surface area contributed by atoms with Gasteiger partial charge in [0.05, 0.1) is 18.2 Å². The Bertz CT molecular complexity index is 975. The first-order valence-corrected chi connectivity index (χ1v) is 10.0. The SMILES string of the molecule is O=C(O)N1CCNCC1CCOc1cc(Br)cc2c1c(O)nc(=O)n2C1CC1. The number of hydrogen-bond acceptors (Lipinski definition) is 6. The van der Waals surface area contributed by atoms with Gasteiger partial charge in [-0.25, -0.2) is 9.59 Å². The van der Waals surface area contributed by atoms with Crippen LogP contribution in [0.5, 0.6) is 11.6 Å². The Morgan fingerprint density at radius 1 is 1.39 bits per heavy atom. The number of carbonyl (C=O) groups is 1. The zero-order valence-electron chi connectivity index (χ0n) is 15.1. The summed E-state index contributed by atoms with van der Waals surface area (Å²) < 4.78 is 8.24. The van der Waals surface area contributed by atoms with Gasteiger partial charge in [-0.3, -0.25) is 4.57 Å². The van der Waals surface area contributed by atoms with Gasteiger partial charge in [-0.1, -0.05) is 15.9 Å². The number of carboxylic acid groups (broad SMARTS) is 1. The van der Waals surface area contributed by atoms with Crippen LogP contribution in [0.2, 0.25) is 0 Å². The third-order valence-electron chi connectivity index (χ3n) is 5.15. The van der Waals surface area contributed by atoms with Gasteiger partial charge in [0, 0.05) is 36.6 Å². The predicted molar refractivity (Wildman–Crippen MR) is 105 cm³/mol. The van der Waals surface area contributed by atoms with Crippen molar-refractivity contribution in [3.8, 4) is 11.6 Å². The molecule has 1 aliphatic carbocycles. The molecule has 1 aliphatic heterocycles. The molecule has 2 heterocycles. The van der Waals surface area contributed by atoms with Crippen LogP contribution in [0, 0.1) is 0 Å². The predicted octanol–water partition coefficient (Wildman–Crippen LogP) is 1.92. The van der Waals surface area contributed by atoms with Gasteiger partial charge < -0.3 is 25.2 Å².